The molecule has 2 atom stereocenters. The first kappa shape index (κ1) is 15.3. The molecule has 2 N–H and O–H groups in total. The summed E-state index contributed by atoms with van der Waals surface area (Å²) in [5.41, 5.74) is 0.850. The lowest BCUT2D eigenvalue weighted by molar-refractivity contribution is -0.153. The normalized spacial score (nSPS) is 24.8. The maximum atomic E-state index is 12.7. The SMILES string of the molecule is O=C1N[C@@H](Cc2cnc[nH]2)C(=O)N2CCN(Cc3cccs3)C[C@H]12. The second-order valence-electron chi connectivity index (χ2n) is 6.20. The van der Waals surface area contributed by atoms with Crippen molar-refractivity contribution in [3.8, 4) is 0 Å². The van der Waals surface area contributed by atoms with Crippen molar-refractivity contribution in [1.82, 2.24) is 25.1 Å². The Labute approximate surface area is 143 Å². The van der Waals surface area contributed by atoms with E-state index < -0.39 is 6.04 Å². The molecule has 4 rings (SSSR count). The Bertz CT molecular complexity index is 715. The maximum Gasteiger partial charge on any atom is 0.246 e. The number of nitrogens with zero attached hydrogens (tertiary/aromatic N) is 3. The summed E-state index contributed by atoms with van der Waals surface area (Å²) in [6.07, 6.45) is 3.72. The fourth-order valence-electron chi connectivity index (χ4n) is 3.38. The number of hydrogen-bond acceptors (Lipinski definition) is 5. The summed E-state index contributed by atoms with van der Waals surface area (Å²) < 4.78 is 0. The van der Waals surface area contributed by atoms with Crippen LogP contribution in [0.1, 0.15) is 10.6 Å². The Morgan fingerprint density at radius 2 is 2.25 bits per heavy atom. The zero-order chi connectivity index (χ0) is 16.5. The largest absolute Gasteiger partial charge is 0.348 e. The van der Waals surface area contributed by atoms with Crippen LogP contribution >= 0.6 is 11.3 Å². The maximum absolute atomic E-state index is 12.7. The molecule has 0 aromatic carbocycles. The third-order valence-electron chi connectivity index (χ3n) is 4.60. The monoisotopic (exact) mass is 345 g/mol. The lowest BCUT2D eigenvalue weighted by atomic mass is 10.0. The number of fused-ring (bicyclic) bond motifs is 1. The third kappa shape index (κ3) is 2.94. The van der Waals surface area contributed by atoms with E-state index in [1.807, 2.05) is 6.07 Å². The number of piperazine rings is 2. The molecule has 2 aliphatic heterocycles. The molecule has 0 unspecified atom stereocenters. The molecule has 0 aliphatic carbocycles. The lowest BCUT2D eigenvalue weighted by Crippen LogP contribution is -2.69. The van der Waals surface area contributed by atoms with Crippen molar-refractivity contribution in [2.75, 3.05) is 19.6 Å². The molecule has 0 saturated carbocycles. The van der Waals surface area contributed by atoms with Crippen LogP contribution in [0.4, 0.5) is 0 Å². The molecule has 2 fully saturated rings. The summed E-state index contributed by atoms with van der Waals surface area (Å²) >= 11 is 1.72. The van der Waals surface area contributed by atoms with Crippen molar-refractivity contribution < 1.29 is 9.59 Å². The Morgan fingerprint density at radius 3 is 3.00 bits per heavy atom. The van der Waals surface area contributed by atoms with E-state index in [9.17, 15) is 9.59 Å². The van der Waals surface area contributed by atoms with Crippen LogP contribution in [0.15, 0.2) is 30.0 Å². The van der Waals surface area contributed by atoms with Crippen molar-refractivity contribution in [3.05, 3.63) is 40.6 Å². The average molecular weight is 345 g/mol. The zero-order valence-corrected chi connectivity index (χ0v) is 14.0. The number of carbonyl (C=O) groups is 2. The molecule has 0 bridgehead atoms. The first-order valence-corrected chi connectivity index (χ1v) is 8.91. The van der Waals surface area contributed by atoms with E-state index in [1.165, 1.54) is 4.88 Å². The van der Waals surface area contributed by atoms with Gasteiger partial charge in [-0.3, -0.25) is 14.5 Å². The fourth-order valence-corrected chi connectivity index (χ4v) is 4.12. The van der Waals surface area contributed by atoms with Crippen molar-refractivity contribution in [2.24, 2.45) is 0 Å². The Hall–Kier alpha value is -2.19. The molecule has 8 heteroatoms. The highest BCUT2D eigenvalue weighted by molar-refractivity contribution is 7.09. The first-order valence-electron chi connectivity index (χ1n) is 8.03. The van der Waals surface area contributed by atoms with Crippen molar-refractivity contribution >= 4 is 23.2 Å². The minimum Gasteiger partial charge on any atom is -0.348 e. The molecule has 0 spiro atoms. The molecular formula is C16H19N5O2S. The molecule has 4 heterocycles. The molecule has 2 aromatic rings. The van der Waals surface area contributed by atoms with Gasteiger partial charge in [-0.15, -0.1) is 11.3 Å². The number of H-pyrrole nitrogens is 1. The number of aromatic nitrogens is 2. The van der Waals surface area contributed by atoms with Crippen LogP contribution in [0.25, 0.3) is 0 Å². The summed E-state index contributed by atoms with van der Waals surface area (Å²) in [7, 11) is 0. The summed E-state index contributed by atoms with van der Waals surface area (Å²) in [5.74, 6) is -0.0556. The van der Waals surface area contributed by atoms with Crippen LogP contribution in [0, 0.1) is 0 Å². The summed E-state index contributed by atoms with van der Waals surface area (Å²) in [5, 5.41) is 4.94. The van der Waals surface area contributed by atoms with Crippen molar-refractivity contribution in [3.63, 3.8) is 0 Å². The summed E-state index contributed by atoms with van der Waals surface area (Å²) in [6, 6.07) is 3.25. The topological polar surface area (TPSA) is 81.3 Å². The van der Waals surface area contributed by atoms with Crippen LogP contribution in [0.5, 0.6) is 0 Å². The number of rotatable bonds is 4. The van der Waals surface area contributed by atoms with E-state index in [2.05, 4.69) is 31.6 Å². The standard InChI is InChI=1S/C16H19N5O2S/c22-15-14-9-20(8-12-2-1-5-24-12)3-4-21(14)16(23)13(19-15)6-11-7-17-10-18-11/h1-2,5,7,10,13-14H,3-4,6,8-9H2,(H,17,18)(H,19,22)/t13-,14+/m0/s1. The van der Waals surface area contributed by atoms with Crippen molar-refractivity contribution in [2.45, 2.75) is 25.0 Å². The second-order valence-corrected chi connectivity index (χ2v) is 7.24. The molecule has 2 aromatic heterocycles. The van der Waals surface area contributed by atoms with Gasteiger partial charge < -0.3 is 15.2 Å². The van der Waals surface area contributed by atoms with Crippen LogP contribution in [0.3, 0.4) is 0 Å². The Balaban J connectivity index is 1.43. The van der Waals surface area contributed by atoms with Crippen LogP contribution in [-0.2, 0) is 22.6 Å². The molecule has 2 aliphatic rings. The Morgan fingerprint density at radius 1 is 1.33 bits per heavy atom. The second kappa shape index (κ2) is 6.37. The molecule has 0 radical (unpaired) electrons. The van der Waals surface area contributed by atoms with Gasteiger partial charge in [0.25, 0.3) is 0 Å². The minimum atomic E-state index is -0.502. The first-order chi connectivity index (χ1) is 11.7. The van der Waals surface area contributed by atoms with E-state index >= 15 is 0 Å². The van der Waals surface area contributed by atoms with Gasteiger partial charge in [0.05, 0.1) is 6.33 Å². The fraction of sp³-hybridized carbons (Fsp3) is 0.438. The molecule has 24 heavy (non-hydrogen) atoms. The minimum absolute atomic E-state index is 0.00461. The van der Waals surface area contributed by atoms with E-state index in [4.69, 9.17) is 0 Å². The van der Waals surface area contributed by atoms with Gasteiger partial charge in [0.2, 0.25) is 11.8 Å². The van der Waals surface area contributed by atoms with Gasteiger partial charge in [-0.05, 0) is 11.4 Å². The van der Waals surface area contributed by atoms with Gasteiger partial charge in [0.1, 0.15) is 12.1 Å². The zero-order valence-electron chi connectivity index (χ0n) is 13.1. The van der Waals surface area contributed by atoms with Gasteiger partial charge >= 0.3 is 0 Å². The van der Waals surface area contributed by atoms with Gasteiger partial charge in [-0.25, -0.2) is 4.98 Å². The summed E-state index contributed by atoms with van der Waals surface area (Å²) in [6.45, 7) is 2.82. The number of carbonyl (C=O) groups excluding carboxylic acids is 2. The highest BCUT2D eigenvalue weighted by Crippen LogP contribution is 2.20. The van der Waals surface area contributed by atoms with Crippen LogP contribution in [-0.4, -0.2) is 63.3 Å². The molecule has 7 nitrogen and oxygen atoms in total. The lowest BCUT2D eigenvalue weighted by Gasteiger charge is -2.45. The smallest absolute Gasteiger partial charge is 0.246 e. The predicted octanol–water partition coefficient (Wildman–Crippen LogP) is 0.225. The quantitative estimate of drug-likeness (QED) is 0.831. The van der Waals surface area contributed by atoms with Gasteiger partial charge in [-0.1, -0.05) is 6.07 Å². The third-order valence-corrected chi connectivity index (χ3v) is 5.46. The molecule has 126 valence electrons. The van der Waals surface area contributed by atoms with Gasteiger partial charge in [-0.2, -0.15) is 0 Å². The number of thiophene rings is 1. The predicted molar refractivity (Wildman–Crippen MR) is 89.3 cm³/mol. The summed E-state index contributed by atoms with van der Waals surface area (Å²) in [4.78, 5) is 37.4. The number of nitrogens with one attached hydrogen (secondary N) is 2. The highest BCUT2D eigenvalue weighted by atomic mass is 32.1. The number of aromatic amines is 1. The number of amides is 2. The van der Waals surface area contributed by atoms with E-state index in [0.717, 1.165) is 18.8 Å². The van der Waals surface area contributed by atoms with Gasteiger partial charge in [0.15, 0.2) is 0 Å². The highest BCUT2D eigenvalue weighted by Gasteiger charge is 2.43. The average Bonchev–Trinajstić information content (AvgIpc) is 3.26. The number of imidazole rings is 1. The van der Waals surface area contributed by atoms with E-state index in [0.29, 0.717) is 19.5 Å². The molecule has 2 saturated heterocycles. The van der Waals surface area contributed by atoms with Gasteiger partial charge in [0, 0.05) is 49.4 Å². The van der Waals surface area contributed by atoms with E-state index in [-0.39, 0.29) is 17.9 Å². The number of hydrogen-bond donors (Lipinski definition) is 2. The molecular weight excluding hydrogens is 326 g/mol. The molecule has 2 amide bonds. The Kier molecular flexibility index (Phi) is 4.07. The van der Waals surface area contributed by atoms with E-state index in [1.54, 1.807) is 28.8 Å². The van der Waals surface area contributed by atoms with Crippen molar-refractivity contribution in [1.29, 1.82) is 0 Å². The van der Waals surface area contributed by atoms with Crippen LogP contribution < -0.4 is 5.32 Å². The van der Waals surface area contributed by atoms with Crippen LogP contribution in [0.2, 0.25) is 0 Å².